The van der Waals surface area contributed by atoms with Crippen LogP contribution in [0.2, 0.25) is 5.02 Å². The summed E-state index contributed by atoms with van der Waals surface area (Å²) in [6.07, 6.45) is 0. The maximum absolute atomic E-state index is 12.8. The number of aliphatic hydroxyl groups excluding tert-OH is 1. The number of likely N-dealkylation sites (N-methyl/N-ethyl adjacent to an activating group) is 1. The zero-order valence-electron chi connectivity index (χ0n) is 15.5. The van der Waals surface area contributed by atoms with Crippen molar-refractivity contribution < 1.29 is 14.7 Å². The molecule has 2 aromatic carbocycles. The lowest BCUT2D eigenvalue weighted by Crippen LogP contribution is -2.35. The molecule has 1 fully saturated rings. The van der Waals surface area contributed by atoms with Crippen molar-refractivity contribution in [1.29, 1.82) is 0 Å². The Morgan fingerprint density at radius 3 is 2.29 bits per heavy atom. The van der Waals surface area contributed by atoms with Gasteiger partial charge in [-0.05, 0) is 56.1 Å². The molecule has 1 aliphatic heterocycles. The number of carbonyl (C=O) groups excluding carboxylic acids is 2. The van der Waals surface area contributed by atoms with Crippen LogP contribution in [0.1, 0.15) is 17.2 Å². The highest BCUT2D eigenvalue weighted by molar-refractivity contribution is 9.10. The largest absolute Gasteiger partial charge is 0.507 e. The molecule has 0 radical (unpaired) electrons. The fraction of sp³-hybridized carbons (Fsp3) is 0.238. The fourth-order valence-electron chi connectivity index (χ4n) is 3.17. The quantitative estimate of drug-likeness (QED) is 0.412. The van der Waals surface area contributed by atoms with Gasteiger partial charge in [-0.25, -0.2) is 0 Å². The van der Waals surface area contributed by atoms with Gasteiger partial charge >= 0.3 is 0 Å². The predicted octanol–water partition coefficient (Wildman–Crippen LogP) is 4.09. The molecule has 0 saturated carbocycles. The van der Waals surface area contributed by atoms with Crippen LogP contribution >= 0.6 is 27.5 Å². The van der Waals surface area contributed by atoms with Gasteiger partial charge < -0.3 is 14.9 Å². The van der Waals surface area contributed by atoms with Crippen LogP contribution in [0.5, 0.6) is 0 Å². The zero-order chi connectivity index (χ0) is 20.4. The molecule has 1 amide bonds. The van der Waals surface area contributed by atoms with E-state index in [1.54, 1.807) is 24.3 Å². The van der Waals surface area contributed by atoms with Crippen molar-refractivity contribution >= 4 is 45.0 Å². The Labute approximate surface area is 177 Å². The van der Waals surface area contributed by atoms with Crippen LogP contribution in [-0.4, -0.2) is 53.8 Å². The van der Waals surface area contributed by atoms with Crippen LogP contribution in [0.25, 0.3) is 5.76 Å². The van der Waals surface area contributed by atoms with Crippen molar-refractivity contribution in [1.82, 2.24) is 9.80 Å². The van der Waals surface area contributed by atoms with E-state index in [2.05, 4.69) is 15.9 Å². The number of carbonyl (C=O) groups is 2. The second-order valence-corrected chi connectivity index (χ2v) is 8.21. The van der Waals surface area contributed by atoms with Gasteiger partial charge in [-0.15, -0.1) is 0 Å². The highest BCUT2D eigenvalue weighted by Gasteiger charge is 2.45. The Kier molecular flexibility index (Phi) is 6.23. The lowest BCUT2D eigenvalue weighted by molar-refractivity contribution is -0.140. The summed E-state index contributed by atoms with van der Waals surface area (Å²) in [5.41, 5.74) is 1.29. The molecule has 2 aromatic rings. The first-order chi connectivity index (χ1) is 13.3. The van der Waals surface area contributed by atoms with Crippen LogP contribution in [0, 0.1) is 0 Å². The van der Waals surface area contributed by atoms with Gasteiger partial charge in [-0.3, -0.25) is 9.59 Å². The van der Waals surface area contributed by atoms with Gasteiger partial charge in [0.1, 0.15) is 5.76 Å². The summed E-state index contributed by atoms with van der Waals surface area (Å²) in [5, 5.41) is 11.4. The smallest absolute Gasteiger partial charge is 0.295 e. The van der Waals surface area contributed by atoms with Gasteiger partial charge in [0.05, 0.1) is 11.6 Å². The monoisotopic (exact) mass is 462 g/mol. The number of halogens is 2. The van der Waals surface area contributed by atoms with Gasteiger partial charge in [0.2, 0.25) is 0 Å². The normalized spacial score (nSPS) is 18.9. The Hall–Kier alpha value is -2.15. The van der Waals surface area contributed by atoms with E-state index in [0.717, 1.165) is 10.0 Å². The minimum Gasteiger partial charge on any atom is -0.507 e. The average Bonchev–Trinajstić information content (AvgIpc) is 2.91. The molecule has 1 heterocycles. The molecule has 1 saturated heterocycles. The summed E-state index contributed by atoms with van der Waals surface area (Å²) in [7, 11) is 3.80. The number of hydrogen-bond donors (Lipinski definition) is 1. The zero-order valence-corrected chi connectivity index (χ0v) is 17.9. The minimum absolute atomic E-state index is 0.0911. The van der Waals surface area contributed by atoms with Gasteiger partial charge in [0, 0.05) is 28.1 Å². The van der Waals surface area contributed by atoms with Gasteiger partial charge in [-0.2, -0.15) is 0 Å². The molecule has 0 unspecified atom stereocenters. The van der Waals surface area contributed by atoms with Crippen LogP contribution in [0.3, 0.4) is 0 Å². The van der Waals surface area contributed by atoms with Gasteiger partial charge in [0.25, 0.3) is 11.7 Å². The van der Waals surface area contributed by atoms with E-state index < -0.39 is 17.7 Å². The third kappa shape index (κ3) is 4.14. The molecule has 1 atom stereocenters. The minimum atomic E-state index is -0.681. The Morgan fingerprint density at radius 2 is 1.71 bits per heavy atom. The Bertz CT molecular complexity index is 924. The maximum Gasteiger partial charge on any atom is 0.295 e. The number of Topliss-reactive ketones (excluding diaryl/α,β-unsaturated/α-hetero) is 1. The second-order valence-electron chi connectivity index (χ2n) is 6.85. The number of amides is 1. The van der Waals surface area contributed by atoms with Gasteiger partial charge in [-0.1, -0.05) is 39.7 Å². The maximum atomic E-state index is 12.8. The highest BCUT2D eigenvalue weighted by atomic mass is 79.9. The first kappa shape index (κ1) is 20.6. The number of likely N-dealkylation sites (tertiary alicyclic amines) is 1. The lowest BCUT2D eigenvalue weighted by Gasteiger charge is -2.26. The number of aliphatic hydroxyl groups is 1. The van der Waals surface area contributed by atoms with E-state index >= 15 is 0 Å². The summed E-state index contributed by atoms with van der Waals surface area (Å²) < 4.78 is 0.888. The van der Waals surface area contributed by atoms with E-state index in [9.17, 15) is 14.7 Å². The standard InChI is InChI=1S/C21H20BrClN2O3/c1-24(2)11-12-25-18(13-3-7-15(22)8-4-13)17(20(27)21(25)28)19(26)14-5-9-16(23)10-6-14/h3-10,18,26H,11-12H2,1-2H3/t18-/m0/s1. The third-order valence-electron chi connectivity index (χ3n) is 4.63. The molecule has 0 aliphatic carbocycles. The van der Waals surface area contributed by atoms with Crippen LogP contribution < -0.4 is 0 Å². The van der Waals surface area contributed by atoms with E-state index in [4.69, 9.17) is 11.6 Å². The number of nitrogens with zero attached hydrogens (tertiary/aromatic N) is 2. The summed E-state index contributed by atoms with van der Waals surface area (Å²) in [6.45, 7) is 0.969. The molecule has 1 aliphatic rings. The van der Waals surface area contributed by atoms with Crippen molar-refractivity contribution in [2.24, 2.45) is 0 Å². The molecule has 28 heavy (non-hydrogen) atoms. The number of ketones is 1. The number of hydrogen-bond acceptors (Lipinski definition) is 4. The van der Waals surface area contributed by atoms with Crippen molar-refractivity contribution in [2.45, 2.75) is 6.04 Å². The van der Waals surface area contributed by atoms with Gasteiger partial charge in [0.15, 0.2) is 0 Å². The highest BCUT2D eigenvalue weighted by Crippen LogP contribution is 2.39. The summed E-state index contributed by atoms with van der Waals surface area (Å²) in [6, 6.07) is 13.3. The van der Waals surface area contributed by atoms with E-state index in [1.807, 2.05) is 43.3 Å². The SMILES string of the molecule is CN(C)CCN1C(=O)C(=O)C(=C(O)c2ccc(Cl)cc2)[C@@H]1c1ccc(Br)cc1. The molecule has 1 N–H and O–H groups in total. The molecule has 146 valence electrons. The first-order valence-electron chi connectivity index (χ1n) is 8.74. The average molecular weight is 464 g/mol. The van der Waals surface area contributed by atoms with E-state index in [-0.39, 0.29) is 11.3 Å². The first-order valence-corrected chi connectivity index (χ1v) is 9.91. The van der Waals surface area contributed by atoms with Crippen LogP contribution in [0.4, 0.5) is 0 Å². The molecule has 0 spiro atoms. The fourth-order valence-corrected chi connectivity index (χ4v) is 3.56. The van der Waals surface area contributed by atoms with Crippen molar-refractivity contribution in [2.75, 3.05) is 27.2 Å². The molecular weight excluding hydrogens is 444 g/mol. The van der Waals surface area contributed by atoms with Crippen molar-refractivity contribution in [3.05, 3.63) is 74.7 Å². The molecule has 3 rings (SSSR count). The molecule has 0 aromatic heterocycles. The lowest BCUT2D eigenvalue weighted by atomic mass is 9.95. The van der Waals surface area contributed by atoms with Crippen molar-refractivity contribution in [3.8, 4) is 0 Å². The third-order valence-corrected chi connectivity index (χ3v) is 5.41. The molecule has 5 nitrogen and oxygen atoms in total. The topological polar surface area (TPSA) is 60.9 Å². The van der Waals surface area contributed by atoms with E-state index in [1.165, 1.54) is 4.90 Å². The van der Waals surface area contributed by atoms with Crippen LogP contribution in [-0.2, 0) is 9.59 Å². The molecule has 7 heteroatoms. The van der Waals surface area contributed by atoms with E-state index in [0.29, 0.717) is 23.7 Å². The molecular formula is C21H20BrClN2O3. The van der Waals surface area contributed by atoms with Crippen LogP contribution in [0.15, 0.2) is 58.6 Å². The number of rotatable bonds is 5. The Balaban J connectivity index is 2.13. The van der Waals surface area contributed by atoms with Crippen molar-refractivity contribution in [3.63, 3.8) is 0 Å². The predicted molar refractivity (Wildman–Crippen MR) is 113 cm³/mol. The molecule has 0 bridgehead atoms. The second kappa shape index (κ2) is 8.47. The summed E-state index contributed by atoms with van der Waals surface area (Å²) in [4.78, 5) is 29.0. The Morgan fingerprint density at radius 1 is 1.11 bits per heavy atom. The number of benzene rings is 2. The summed E-state index contributed by atoms with van der Waals surface area (Å²) in [5.74, 6) is -1.49. The summed E-state index contributed by atoms with van der Waals surface area (Å²) >= 11 is 9.33.